The third-order valence-corrected chi connectivity index (χ3v) is 2.99. The molecule has 66 valence electrons. The van der Waals surface area contributed by atoms with Crippen LogP contribution in [0.2, 0.25) is 0 Å². The first kappa shape index (κ1) is 9.47. The van der Waals surface area contributed by atoms with E-state index in [1.165, 1.54) is 11.3 Å². The van der Waals surface area contributed by atoms with Crippen LogP contribution in [0.5, 0.6) is 0 Å². The Hall–Kier alpha value is -0.620. The highest BCUT2D eigenvalue weighted by Crippen LogP contribution is 2.31. The second kappa shape index (κ2) is 3.40. The standard InChI is InChI=1S/C6H7BrN2O2S/c1-2(5(10)11)3-4(7)12-6(8)9-3/h2H,1H3,(H2,8,9)(H,10,11). The zero-order valence-electron chi connectivity index (χ0n) is 6.24. The monoisotopic (exact) mass is 250 g/mol. The highest BCUT2D eigenvalue weighted by Gasteiger charge is 2.20. The van der Waals surface area contributed by atoms with E-state index in [0.717, 1.165) is 0 Å². The maximum atomic E-state index is 10.6. The summed E-state index contributed by atoms with van der Waals surface area (Å²) < 4.78 is 0.690. The largest absolute Gasteiger partial charge is 0.481 e. The van der Waals surface area contributed by atoms with Crippen molar-refractivity contribution in [2.24, 2.45) is 0 Å². The van der Waals surface area contributed by atoms with Crippen LogP contribution in [-0.2, 0) is 4.79 Å². The van der Waals surface area contributed by atoms with Crippen LogP contribution in [0.15, 0.2) is 3.79 Å². The van der Waals surface area contributed by atoms with Gasteiger partial charge in [0.25, 0.3) is 0 Å². The lowest BCUT2D eigenvalue weighted by molar-refractivity contribution is -0.138. The lowest BCUT2D eigenvalue weighted by Crippen LogP contribution is -2.08. The van der Waals surface area contributed by atoms with E-state index in [2.05, 4.69) is 20.9 Å². The Kier molecular flexibility index (Phi) is 2.69. The first-order valence-corrected chi connectivity index (χ1v) is 4.78. The van der Waals surface area contributed by atoms with Crippen molar-refractivity contribution >= 4 is 38.4 Å². The molecule has 1 heterocycles. The van der Waals surface area contributed by atoms with Crippen LogP contribution in [0.25, 0.3) is 0 Å². The van der Waals surface area contributed by atoms with E-state index >= 15 is 0 Å². The number of nitrogen functional groups attached to an aromatic ring is 1. The Morgan fingerprint density at radius 2 is 2.42 bits per heavy atom. The first-order valence-electron chi connectivity index (χ1n) is 3.17. The van der Waals surface area contributed by atoms with Gasteiger partial charge in [0.15, 0.2) is 5.13 Å². The lowest BCUT2D eigenvalue weighted by atomic mass is 10.1. The van der Waals surface area contributed by atoms with Gasteiger partial charge >= 0.3 is 5.97 Å². The highest BCUT2D eigenvalue weighted by atomic mass is 79.9. The van der Waals surface area contributed by atoms with Crippen LogP contribution in [0, 0.1) is 0 Å². The normalized spacial score (nSPS) is 12.8. The number of carboxylic acid groups (broad SMARTS) is 1. The second-order valence-electron chi connectivity index (χ2n) is 2.27. The first-order chi connectivity index (χ1) is 5.52. The number of carbonyl (C=O) groups is 1. The van der Waals surface area contributed by atoms with E-state index in [4.69, 9.17) is 10.8 Å². The van der Waals surface area contributed by atoms with Gasteiger partial charge in [0.2, 0.25) is 0 Å². The summed E-state index contributed by atoms with van der Waals surface area (Å²) in [5.74, 6) is -1.52. The summed E-state index contributed by atoms with van der Waals surface area (Å²) >= 11 is 4.43. The van der Waals surface area contributed by atoms with Crippen molar-refractivity contribution in [1.29, 1.82) is 0 Å². The fourth-order valence-electron chi connectivity index (χ4n) is 0.714. The molecule has 1 atom stereocenters. The number of carboxylic acids is 1. The third kappa shape index (κ3) is 1.75. The number of aromatic nitrogens is 1. The molecule has 0 aliphatic carbocycles. The molecule has 0 aromatic carbocycles. The molecule has 4 nitrogen and oxygen atoms in total. The third-order valence-electron chi connectivity index (χ3n) is 1.41. The van der Waals surface area contributed by atoms with Gasteiger partial charge in [-0.1, -0.05) is 11.3 Å². The van der Waals surface area contributed by atoms with Gasteiger partial charge in [-0.25, -0.2) is 4.98 Å². The van der Waals surface area contributed by atoms with Gasteiger partial charge < -0.3 is 10.8 Å². The van der Waals surface area contributed by atoms with Crippen LogP contribution in [0.1, 0.15) is 18.5 Å². The summed E-state index contributed by atoms with van der Waals surface area (Å²) in [7, 11) is 0. The molecule has 12 heavy (non-hydrogen) atoms. The molecule has 1 unspecified atom stereocenters. The number of nitrogens with two attached hydrogens (primary N) is 1. The molecular formula is C6H7BrN2O2S. The summed E-state index contributed by atoms with van der Waals surface area (Å²) in [6, 6.07) is 0. The van der Waals surface area contributed by atoms with E-state index in [1.807, 2.05) is 0 Å². The van der Waals surface area contributed by atoms with E-state index in [9.17, 15) is 4.79 Å². The average molecular weight is 251 g/mol. The van der Waals surface area contributed by atoms with Crippen LogP contribution >= 0.6 is 27.3 Å². The molecule has 0 saturated heterocycles. The minimum atomic E-state index is -0.902. The smallest absolute Gasteiger partial charge is 0.312 e. The van der Waals surface area contributed by atoms with Crippen molar-refractivity contribution in [2.45, 2.75) is 12.8 Å². The number of nitrogens with zero attached hydrogens (tertiary/aromatic N) is 1. The molecule has 0 fully saturated rings. The molecule has 0 radical (unpaired) electrons. The van der Waals surface area contributed by atoms with Crippen LogP contribution in [0.4, 0.5) is 5.13 Å². The van der Waals surface area contributed by atoms with E-state index < -0.39 is 11.9 Å². The zero-order chi connectivity index (χ0) is 9.30. The van der Waals surface area contributed by atoms with E-state index in [1.54, 1.807) is 6.92 Å². The van der Waals surface area contributed by atoms with Gasteiger partial charge in [-0.3, -0.25) is 4.79 Å². The van der Waals surface area contributed by atoms with Crippen molar-refractivity contribution < 1.29 is 9.90 Å². The summed E-state index contributed by atoms with van der Waals surface area (Å²) in [5, 5.41) is 9.05. The molecule has 0 spiro atoms. The van der Waals surface area contributed by atoms with Crippen LogP contribution < -0.4 is 5.73 Å². The van der Waals surface area contributed by atoms with Crippen molar-refractivity contribution in [3.8, 4) is 0 Å². The van der Waals surface area contributed by atoms with Crippen molar-refractivity contribution in [3.63, 3.8) is 0 Å². The Morgan fingerprint density at radius 3 is 2.75 bits per heavy atom. The van der Waals surface area contributed by atoms with E-state index in [0.29, 0.717) is 14.6 Å². The van der Waals surface area contributed by atoms with Gasteiger partial charge in [0, 0.05) is 0 Å². The highest BCUT2D eigenvalue weighted by molar-refractivity contribution is 9.11. The fraction of sp³-hybridized carbons (Fsp3) is 0.333. The van der Waals surface area contributed by atoms with Crippen molar-refractivity contribution in [1.82, 2.24) is 4.98 Å². The Balaban J connectivity index is 3.02. The minimum Gasteiger partial charge on any atom is -0.481 e. The number of hydrogen-bond donors (Lipinski definition) is 2. The Labute approximate surface area is 81.5 Å². The number of aliphatic carboxylic acids is 1. The summed E-state index contributed by atoms with van der Waals surface area (Å²) in [5.41, 5.74) is 5.89. The molecule has 0 amide bonds. The number of hydrogen-bond acceptors (Lipinski definition) is 4. The average Bonchev–Trinajstić information content (AvgIpc) is 2.28. The summed E-state index contributed by atoms with van der Waals surface area (Å²) in [6.07, 6.45) is 0. The molecule has 1 aromatic rings. The molecular weight excluding hydrogens is 244 g/mol. The number of halogens is 1. The minimum absolute atomic E-state index is 0.380. The molecule has 0 aliphatic heterocycles. The Morgan fingerprint density at radius 1 is 1.83 bits per heavy atom. The quantitative estimate of drug-likeness (QED) is 0.838. The topological polar surface area (TPSA) is 76.2 Å². The van der Waals surface area contributed by atoms with Gasteiger partial charge in [0.1, 0.15) is 0 Å². The molecule has 0 bridgehead atoms. The number of rotatable bonds is 2. The van der Waals surface area contributed by atoms with Gasteiger partial charge in [-0.2, -0.15) is 0 Å². The molecule has 3 N–H and O–H groups in total. The SMILES string of the molecule is CC(C(=O)O)c1nc(N)sc1Br. The number of anilines is 1. The predicted octanol–water partition coefficient (Wildman–Crippen LogP) is 1.68. The van der Waals surface area contributed by atoms with Crippen molar-refractivity contribution in [3.05, 3.63) is 9.48 Å². The Bertz CT molecular complexity index is 312. The van der Waals surface area contributed by atoms with Gasteiger partial charge in [-0.15, -0.1) is 0 Å². The maximum Gasteiger partial charge on any atom is 0.312 e. The summed E-state index contributed by atoms with van der Waals surface area (Å²) in [4.78, 5) is 14.5. The predicted molar refractivity (Wildman–Crippen MR) is 50.3 cm³/mol. The molecule has 1 aromatic heterocycles. The van der Waals surface area contributed by atoms with Crippen LogP contribution in [0.3, 0.4) is 0 Å². The molecule has 0 saturated carbocycles. The van der Waals surface area contributed by atoms with Crippen LogP contribution in [-0.4, -0.2) is 16.1 Å². The van der Waals surface area contributed by atoms with Gasteiger partial charge in [0.05, 0.1) is 15.4 Å². The fourth-order valence-corrected chi connectivity index (χ4v) is 2.30. The second-order valence-corrected chi connectivity index (χ2v) is 4.62. The molecule has 1 rings (SSSR count). The zero-order valence-corrected chi connectivity index (χ0v) is 8.65. The number of thiazole rings is 1. The summed E-state index contributed by atoms with van der Waals surface area (Å²) in [6.45, 7) is 1.57. The van der Waals surface area contributed by atoms with Crippen molar-refractivity contribution in [2.75, 3.05) is 5.73 Å². The molecule has 6 heteroatoms. The van der Waals surface area contributed by atoms with E-state index in [-0.39, 0.29) is 0 Å². The van der Waals surface area contributed by atoms with Gasteiger partial charge in [-0.05, 0) is 22.9 Å². The molecule has 0 aliphatic rings. The maximum absolute atomic E-state index is 10.6. The lowest BCUT2D eigenvalue weighted by Gasteiger charge is -2.01.